The fourth-order valence-electron chi connectivity index (χ4n) is 1.42. The molecule has 0 radical (unpaired) electrons. The summed E-state index contributed by atoms with van der Waals surface area (Å²) in [6.45, 7) is 3.66. The number of hydrogen-bond donors (Lipinski definition) is 2. The first kappa shape index (κ1) is 11.6. The number of aryl methyl sites for hydroxylation is 2. The Labute approximate surface area is 103 Å². The molecule has 0 fully saturated rings. The molecule has 0 bridgehead atoms. The maximum atomic E-state index is 11.9. The fourth-order valence-corrected chi connectivity index (χ4v) is 2.08. The van der Waals surface area contributed by atoms with Crippen LogP contribution in [-0.2, 0) is 0 Å². The second kappa shape index (κ2) is 4.55. The highest BCUT2D eigenvalue weighted by atomic mass is 32.1. The molecule has 0 aliphatic heterocycles. The van der Waals surface area contributed by atoms with Gasteiger partial charge in [0.2, 0.25) is 0 Å². The molecule has 1 aromatic heterocycles. The summed E-state index contributed by atoms with van der Waals surface area (Å²) in [6.07, 6.45) is 1.69. The molecule has 2 N–H and O–H groups in total. The Balaban J connectivity index is 2.23. The number of para-hydroxylation sites is 1. The third-order valence-corrected chi connectivity index (χ3v) is 3.15. The van der Waals surface area contributed by atoms with Crippen LogP contribution in [0.5, 0.6) is 5.75 Å². The number of anilines is 1. The number of aromatic hydroxyl groups is 1. The first-order valence-corrected chi connectivity index (χ1v) is 5.92. The summed E-state index contributed by atoms with van der Waals surface area (Å²) in [6, 6.07) is 5.06. The molecular formula is C12H12N2O2S. The van der Waals surface area contributed by atoms with E-state index in [1.807, 2.05) is 6.92 Å². The SMILES string of the molecule is Cc1cnc(NC(=O)c2cccc(C)c2O)s1. The standard InChI is InChI=1S/C12H12N2O2S/c1-7-4-3-5-9(10(7)15)11(16)14-12-13-6-8(2)17-12/h3-6,15H,1-2H3,(H,13,14,16). The van der Waals surface area contributed by atoms with E-state index in [1.165, 1.54) is 11.3 Å². The number of carbonyl (C=O) groups excluding carboxylic acids is 1. The largest absolute Gasteiger partial charge is 0.507 e. The molecular weight excluding hydrogens is 236 g/mol. The van der Waals surface area contributed by atoms with Gasteiger partial charge in [-0.25, -0.2) is 4.98 Å². The van der Waals surface area contributed by atoms with E-state index in [4.69, 9.17) is 0 Å². The van der Waals surface area contributed by atoms with Crippen LogP contribution in [0.2, 0.25) is 0 Å². The molecule has 1 aromatic carbocycles. The highest BCUT2D eigenvalue weighted by Crippen LogP contribution is 2.23. The van der Waals surface area contributed by atoms with Crippen molar-refractivity contribution in [3.05, 3.63) is 40.4 Å². The molecule has 1 amide bonds. The number of thiazole rings is 1. The van der Waals surface area contributed by atoms with E-state index in [-0.39, 0.29) is 17.2 Å². The van der Waals surface area contributed by atoms with Crippen molar-refractivity contribution in [1.29, 1.82) is 0 Å². The number of nitrogens with one attached hydrogen (secondary N) is 1. The van der Waals surface area contributed by atoms with Crippen LogP contribution in [0, 0.1) is 13.8 Å². The highest BCUT2D eigenvalue weighted by molar-refractivity contribution is 7.15. The van der Waals surface area contributed by atoms with Crippen molar-refractivity contribution < 1.29 is 9.90 Å². The summed E-state index contributed by atoms with van der Waals surface area (Å²) in [7, 11) is 0. The quantitative estimate of drug-likeness (QED) is 0.859. The smallest absolute Gasteiger partial charge is 0.261 e. The van der Waals surface area contributed by atoms with Crippen LogP contribution < -0.4 is 5.32 Å². The van der Waals surface area contributed by atoms with Crippen molar-refractivity contribution in [3.63, 3.8) is 0 Å². The third kappa shape index (κ3) is 2.45. The van der Waals surface area contributed by atoms with Gasteiger partial charge in [-0.15, -0.1) is 11.3 Å². The molecule has 17 heavy (non-hydrogen) atoms. The van der Waals surface area contributed by atoms with Gasteiger partial charge >= 0.3 is 0 Å². The van der Waals surface area contributed by atoms with Crippen molar-refractivity contribution in [3.8, 4) is 5.75 Å². The second-order valence-electron chi connectivity index (χ2n) is 3.70. The minimum absolute atomic E-state index is 0.0123. The van der Waals surface area contributed by atoms with Gasteiger partial charge in [0, 0.05) is 11.1 Å². The minimum Gasteiger partial charge on any atom is -0.507 e. The Morgan fingerprint density at radius 2 is 2.18 bits per heavy atom. The predicted molar refractivity (Wildman–Crippen MR) is 67.6 cm³/mol. The summed E-state index contributed by atoms with van der Waals surface area (Å²) in [5.41, 5.74) is 0.936. The Hall–Kier alpha value is -1.88. The molecule has 2 aromatic rings. The number of rotatable bonds is 2. The zero-order valence-electron chi connectivity index (χ0n) is 9.52. The lowest BCUT2D eigenvalue weighted by atomic mass is 10.1. The normalized spacial score (nSPS) is 10.2. The van der Waals surface area contributed by atoms with Crippen LogP contribution in [0.25, 0.3) is 0 Å². The predicted octanol–water partition coefficient (Wildman–Crippen LogP) is 2.72. The molecule has 5 heteroatoms. The molecule has 0 unspecified atom stereocenters. The molecule has 1 heterocycles. The number of phenols is 1. The Kier molecular flexibility index (Phi) is 3.10. The van der Waals surface area contributed by atoms with Gasteiger partial charge in [0.25, 0.3) is 5.91 Å². The van der Waals surface area contributed by atoms with Gasteiger partial charge in [-0.05, 0) is 25.5 Å². The van der Waals surface area contributed by atoms with E-state index in [0.717, 1.165) is 4.88 Å². The molecule has 4 nitrogen and oxygen atoms in total. The van der Waals surface area contributed by atoms with E-state index in [9.17, 15) is 9.90 Å². The second-order valence-corrected chi connectivity index (χ2v) is 4.94. The topological polar surface area (TPSA) is 62.2 Å². The molecule has 0 aliphatic carbocycles. The number of carbonyl (C=O) groups is 1. The van der Waals surface area contributed by atoms with E-state index in [1.54, 1.807) is 31.3 Å². The van der Waals surface area contributed by atoms with Gasteiger partial charge < -0.3 is 5.11 Å². The third-order valence-electron chi connectivity index (χ3n) is 2.32. The Morgan fingerprint density at radius 3 is 2.82 bits per heavy atom. The van der Waals surface area contributed by atoms with E-state index < -0.39 is 0 Å². The van der Waals surface area contributed by atoms with Gasteiger partial charge in [-0.1, -0.05) is 12.1 Å². The maximum absolute atomic E-state index is 11.9. The molecule has 0 spiro atoms. The van der Waals surface area contributed by atoms with E-state index >= 15 is 0 Å². The summed E-state index contributed by atoms with van der Waals surface area (Å²) < 4.78 is 0. The van der Waals surface area contributed by atoms with Crippen molar-refractivity contribution >= 4 is 22.4 Å². The Bertz CT molecular complexity index is 563. The maximum Gasteiger partial charge on any atom is 0.261 e. The number of nitrogens with zero attached hydrogens (tertiary/aromatic N) is 1. The summed E-state index contributed by atoms with van der Waals surface area (Å²) >= 11 is 1.40. The van der Waals surface area contributed by atoms with Crippen molar-refractivity contribution in [2.45, 2.75) is 13.8 Å². The summed E-state index contributed by atoms with van der Waals surface area (Å²) in [5, 5.41) is 13.0. The number of aromatic nitrogens is 1. The lowest BCUT2D eigenvalue weighted by Gasteiger charge is -2.06. The minimum atomic E-state index is -0.347. The van der Waals surface area contributed by atoms with Crippen LogP contribution in [-0.4, -0.2) is 16.0 Å². The molecule has 88 valence electrons. The molecule has 0 aliphatic rings. The van der Waals surface area contributed by atoms with Gasteiger partial charge in [-0.2, -0.15) is 0 Å². The average Bonchev–Trinajstić information content (AvgIpc) is 2.68. The Morgan fingerprint density at radius 1 is 1.41 bits per heavy atom. The molecule has 0 saturated heterocycles. The fraction of sp³-hybridized carbons (Fsp3) is 0.167. The first-order valence-electron chi connectivity index (χ1n) is 5.10. The van der Waals surface area contributed by atoms with Crippen LogP contribution in [0.1, 0.15) is 20.8 Å². The van der Waals surface area contributed by atoms with Crippen molar-refractivity contribution in [2.24, 2.45) is 0 Å². The van der Waals surface area contributed by atoms with Gasteiger partial charge in [0.05, 0.1) is 5.56 Å². The van der Waals surface area contributed by atoms with Gasteiger partial charge in [-0.3, -0.25) is 10.1 Å². The first-order chi connectivity index (χ1) is 8.08. The van der Waals surface area contributed by atoms with Gasteiger partial charge in [0.1, 0.15) is 5.75 Å². The van der Waals surface area contributed by atoms with Gasteiger partial charge in [0.15, 0.2) is 5.13 Å². The van der Waals surface area contributed by atoms with E-state index in [0.29, 0.717) is 10.7 Å². The van der Waals surface area contributed by atoms with Crippen LogP contribution in [0.3, 0.4) is 0 Å². The van der Waals surface area contributed by atoms with E-state index in [2.05, 4.69) is 10.3 Å². The molecule has 0 atom stereocenters. The van der Waals surface area contributed by atoms with Crippen LogP contribution in [0.15, 0.2) is 24.4 Å². The van der Waals surface area contributed by atoms with Crippen molar-refractivity contribution in [2.75, 3.05) is 5.32 Å². The number of hydrogen-bond acceptors (Lipinski definition) is 4. The summed E-state index contributed by atoms with van der Waals surface area (Å²) in [5.74, 6) is -0.334. The number of benzene rings is 1. The lowest BCUT2D eigenvalue weighted by Crippen LogP contribution is -2.12. The molecule has 0 saturated carbocycles. The highest BCUT2D eigenvalue weighted by Gasteiger charge is 2.13. The van der Waals surface area contributed by atoms with Crippen LogP contribution >= 0.6 is 11.3 Å². The molecule has 2 rings (SSSR count). The zero-order chi connectivity index (χ0) is 12.4. The lowest BCUT2D eigenvalue weighted by molar-refractivity contribution is 0.102. The average molecular weight is 248 g/mol. The van der Waals surface area contributed by atoms with Crippen molar-refractivity contribution in [1.82, 2.24) is 4.98 Å². The summed E-state index contributed by atoms with van der Waals surface area (Å²) in [4.78, 5) is 17.0. The number of amides is 1. The monoisotopic (exact) mass is 248 g/mol. The zero-order valence-corrected chi connectivity index (χ0v) is 10.3. The number of phenolic OH excluding ortho intramolecular Hbond substituents is 1. The van der Waals surface area contributed by atoms with Crippen LogP contribution in [0.4, 0.5) is 5.13 Å².